The molecule has 0 spiro atoms. The summed E-state index contributed by atoms with van der Waals surface area (Å²) < 4.78 is 5.84. The van der Waals surface area contributed by atoms with Crippen LogP contribution in [-0.2, 0) is 9.59 Å². The van der Waals surface area contributed by atoms with Crippen molar-refractivity contribution < 1.29 is 24.5 Å². The van der Waals surface area contributed by atoms with Crippen molar-refractivity contribution in [2.75, 3.05) is 25.5 Å². The summed E-state index contributed by atoms with van der Waals surface area (Å²) in [5, 5.41) is 18.4. The van der Waals surface area contributed by atoms with Crippen LogP contribution in [0, 0.1) is 0 Å². The molecule has 2 aromatic carbocycles. The molecule has 1 heterocycles. The third kappa shape index (κ3) is 7.92. The number of carbonyl (C=O) groups is 2. The van der Waals surface area contributed by atoms with Gasteiger partial charge in [-0.15, -0.1) is 0 Å². The molecule has 150 valence electrons. The SMILES string of the molecule is CC1CN(c2ccccc2)c2ccccc2O1.CNC.O=C(O)C=CC(=O)O. The zero-order valence-corrected chi connectivity index (χ0v) is 16.2. The van der Waals surface area contributed by atoms with Gasteiger partial charge in [-0.1, -0.05) is 30.3 Å². The second-order valence-electron chi connectivity index (χ2n) is 5.85. The van der Waals surface area contributed by atoms with Crippen molar-refractivity contribution in [3.05, 3.63) is 66.7 Å². The Balaban J connectivity index is 0.000000302. The Hall–Kier alpha value is -3.32. The molecule has 3 rings (SSSR count). The number of para-hydroxylation sites is 3. The molecule has 7 heteroatoms. The largest absolute Gasteiger partial charge is 0.487 e. The highest BCUT2D eigenvalue weighted by molar-refractivity contribution is 5.89. The number of hydrogen-bond donors (Lipinski definition) is 3. The van der Waals surface area contributed by atoms with Crippen molar-refractivity contribution >= 4 is 23.3 Å². The molecule has 0 saturated heterocycles. The number of hydrogen-bond acceptors (Lipinski definition) is 5. The lowest BCUT2D eigenvalue weighted by atomic mass is 10.1. The molecule has 1 unspecified atom stereocenters. The first-order chi connectivity index (χ1) is 13.4. The fraction of sp³-hybridized carbons (Fsp3) is 0.238. The van der Waals surface area contributed by atoms with E-state index in [1.807, 2.05) is 38.4 Å². The zero-order chi connectivity index (χ0) is 20.9. The van der Waals surface area contributed by atoms with Crippen LogP contribution in [0.2, 0.25) is 0 Å². The summed E-state index contributed by atoms with van der Waals surface area (Å²) in [6.45, 7) is 2.99. The van der Waals surface area contributed by atoms with E-state index < -0.39 is 11.9 Å². The van der Waals surface area contributed by atoms with Gasteiger partial charge in [-0.25, -0.2) is 9.59 Å². The zero-order valence-electron chi connectivity index (χ0n) is 16.2. The summed E-state index contributed by atoms with van der Waals surface area (Å²) in [4.78, 5) is 21.4. The van der Waals surface area contributed by atoms with Crippen LogP contribution in [0.3, 0.4) is 0 Å². The van der Waals surface area contributed by atoms with Crippen molar-refractivity contribution in [2.45, 2.75) is 13.0 Å². The highest BCUT2D eigenvalue weighted by atomic mass is 16.5. The van der Waals surface area contributed by atoms with Crippen LogP contribution in [0.25, 0.3) is 0 Å². The lowest BCUT2D eigenvalue weighted by molar-refractivity contribution is -0.134. The topological polar surface area (TPSA) is 99.1 Å². The van der Waals surface area contributed by atoms with Gasteiger partial charge in [-0.3, -0.25) is 0 Å². The van der Waals surface area contributed by atoms with Crippen LogP contribution in [0.15, 0.2) is 66.7 Å². The second kappa shape index (κ2) is 12.1. The highest BCUT2D eigenvalue weighted by Gasteiger charge is 2.23. The summed E-state index contributed by atoms with van der Waals surface area (Å²) in [6.07, 6.45) is 1.33. The standard InChI is InChI=1S/C15H15NO.C4H4O4.C2H7N/c1-12-11-16(13-7-3-2-4-8-13)14-9-5-6-10-15(14)17-12;5-3(6)1-2-4(7)8;1-3-2/h2-10,12H,11H2,1H3;1-2H,(H,5,6)(H,7,8);3H,1-2H3. The summed E-state index contributed by atoms with van der Waals surface area (Å²) in [6, 6.07) is 18.6. The van der Waals surface area contributed by atoms with Crippen LogP contribution in [0.5, 0.6) is 5.75 Å². The number of rotatable bonds is 3. The van der Waals surface area contributed by atoms with Crippen LogP contribution in [-0.4, -0.2) is 48.9 Å². The van der Waals surface area contributed by atoms with E-state index in [-0.39, 0.29) is 6.10 Å². The predicted molar refractivity (Wildman–Crippen MR) is 109 cm³/mol. The second-order valence-corrected chi connectivity index (χ2v) is 5.85. The first kappa shape index (κ1) is 22.7. The summed E-state index contributed by atoms with van der Waals surface area (Å²) in [5.41, 5.74) is 2.37. The van der Waals surface area contributed by atoms with E-state index in [0.29, 0.717) is 12.2 Å². The predicted octanol–water partition coefficient (Wildman–Crippen LogP) is 3.15. The van der Waals surface area contributed by atoms with E-state index in [1.165, 1.54) is 5.69 Å². The number of aliphatic carboxylic acids is 2. The Morgan fingerprint density at radius 1 is 1.00 bits per heavy atom. The Morgan fingerprint density at radius 2 is 1.50 bits per heavy atom. The molecule has 0 saturated carbocycles. The van der Waals surface area contributed by atoms with Crippen molar-refractivity contribution in [3.8, 4) is 5.75 Å². The van der Waals surface area contributed by atoms with Gasteiger partial charge in [-0.05, 0) is 45.3 Å². The summed E-state index contributed by atoms with van der Waals surface area (Å²) in [5.74, 6) is -1.55. The average molecular weight is 386 g/mol. The van der Waals surface area contributed by atoms with Gasteiger partial charge < -0.3 is 25.2 Å². The number of benzene rings is 2. The lowest BCUT2D eigenvalue weighted by Gasteiger charge is -2.34. The molecule has 0 amide bonds. The Bertz CT molecular complexity index is 761. The minimum atomic E-state index is -1.26. The molecule has 1 aliphatic rings. The van der Waals surface area contributed by atoms with Gasteiger partial charge in [0.05, 0.1) is 12.2 Å². The molecule has 28 heavy (non-hydrogen) atoms. The number of carboxylic acids is 2. The van der Waals surface area contributed by atoms with E-state index in [2.05, 4.69) is 47.5 Å². The maximum absolute atomic E-state index is 9.55. The van der Waals surface area contributed by atoms with Gasteiger partial charge in [0.2, 0.25) is 0 Å². The fourth-order valence-electron chi connectivity index (χ4n) is 2.38. The molecule has 7 nitrogen and oxygen atoms in total. The van der Waals surface area contributed by atoms with E-state index in [4.69, 9.17) is 14.9 Å². The first-order valence-electron chi connectivity index (χ1n) is 8.69. The molecule has 0 radical (unpaired) electrons. The van der Waals surface area contributed by atoms with Crippen molar-refractivity contribution in [1.82, 2.24) is 5.32 Å². The van der Waals surface area contributed by atoms with E-state index in [9.17, 15) is 9.59 Å². The molecule has 0 bridgehead atoms. The molecular formula is C21H26N2O5. The number of carboxylic acid groups (broad SMARTS) is 2. The van der Waals surface area contributed by atoms with Gasteiger partial charge in [0.25, 0.3) is 0 Å². The Morgan fingerprint density at radius 3 is 2.04 bits per heavy atom. The van der Waals surface area contributed by atoms with Gasteiger partial charge >= 0.3 is 11.9 Å². The van der Waals surface area contributed by atoms with E-state index >= 15 is 0 Å². The Labute approximate surface area is 164 Å². The lowest BCUT2D eigenvalue weighted by Crippen LogP contribution is -2.35. The normalized spacial score (nSPS) is 14.5. The quantitative estimate of drug-likeness (QED) is 0.697. The molecule has 2 aromatic rings. The summed E-state index contributed by atoms with van der Waals surface area (Å²) in [7, 11) is 3.75. The van der Waals surface area contributed by atoms with Gasteiger partial charge in [-0.2, -0.15) is 0 Å². The first-order valence-corrected chi connectivity index (χ1v) is 8.69. The molecule has 1 aliphatic heterocycles. The maximum Gasteiger partial charge on any atom is 0.328 e. The van der Waals surface area contributed by atoms with Gasteiger partial charge in [0.15, 0.2) is 0 Å². The monoisotopic (exact) mass is 386 g/mol. The molecule has 3 N–H and O–H groups in total. The smallest absolute Gasteiger partial charge is 0.328 e. The number of fused-ring (bicyclic) bond motifs is 1. The molecule has 0 aliphatic carbocycles. The average Bonchev–Trinajstić information content (AvgIpc) is 2.67. The highest BCUT2D eigenvalue weighted by Crippen LogP contribution is 2.37. The number of anilines is 2. The van der Waals surface area contributed by atoms with Crippen molar-refractivity contribution in [1.29, 1.82) is 0 Å². The van der Waals surface area contributed by atoms with E-state index in [1.54, 1.807) is 0 Å². The van der Waals surface area contributed by atoms with Crippen LogP contribution in [0.1, 0.15) is 6.92 Å². The fourth-order valence-corrected chi connectivity index (χ4v) is 2.38. The van der Waals surface area contributed by atoms with Gasteiger partial charge in [0.1, 0.15) is 11.9 Å². The molecular weight excluding hydrogens is 360 g/mol. The van der Waals surface area contributed by atoms with Crippen LogP contribution >= 0.6 is 0 Å². The summed E-state index contributed by atoms with van der Waals surface area (Å²) >= 11 is 0. The third-order valence-electron chi connectivity index (χ3n) is 3.36. The molecule has 0 aromatic heterocycles. The van der Waals surface area contributed by atoms with Crippen LogP contribution < -0.4 is 15.0 Å². The molecule has 0 fully saturated rings. The third-order valence-corrected chi connectivity index (χ3v) is 3.36. The maximum atomic E-state index is 9.55. The van der Waals surface area contributed by atoms with Crippen LogP contribution in [0.4, 0.5) is 11.4 Å². The van der Waals surface area contributed by atoms with E-state index in [0.717, 1.165) is 18.0 Å². The van der Waals surface area contributed by atoms with Gasteiger partial charge in [0, 0.05) is 17.8 Å². The molecule has 1 atom stereocenters. The van der Waals surface area contributed by atoms with Crippen molar-refractivity contribution in [2.24, 2.45) is 0 Å². The number of ether oxygens (including phenoxy) is 1. The minimum Gasteiger partial charge on any atom is -0.487 e. The Kier molecular flexibility index (Phi) is 9.85. The minimum absolute atomic E-state index is 0.213. The number of nitrogens with zero attached hydrogens (tertiary/aromatic N) is 1. The van der Waals surface area contributed by atoms with Crippen molar-refractivity contribution in [3.63, 3.8) is 0 Å². The number of nitrogens with one attached hydrogen (secondary N) is 1.